The molecule has 2 aliphatic heterocycles. The predicted molar refractivity (Wildman–Crippen MR) is 107 cm³/mol. The number of fused-ring (bicyclic) bond motifs is 1. The lowest BCUT2D eigenvalue weighted by atomic mass is 9.85. The average Bonchev–Trinajstić information content (AvgIpc) is 3.45. The number of esters is 1. The molecule has 1 saturated heterocycles. The van der Waals surface area contributed by atoms with E-state index in [2.05, 4.69) is 21.0 Å². The van der Waals surface area contributed by atoms with E-state index in [4.69, 9.17) is 9.84 Å². The van der Waals surface area contributed by atoms with Gasteiger partial charge in [-0.25, -0.2) is 0 Å². The first-order valence-corrected chi connectivity index (χ1v) is 11.4. The van der Waals surface area contributed by atoms with E-state index in [1.807, 2.05) is 0 Å². The Balaban J connectivity index is 1.20. The molecule has 5 rings (SSSR count). The molecule has 0 bridgehead atoms. The molecule has 1 atom stereocenters. The summed E-state index contributed by atoms with van der Waals surface area (Å²) in [5, 5.41) is 7.75. The molecule has 158 valence electrons. The van der Waals surface area contributed by atoms with Gasteiger partial charge in [-0.15, -0.1) is 0 Å². The second-order valence-electron chi connectivity index (χ2n) is 9.33. The highest BCUT2D eigenvalue weighted by atomic mass is 16.6. The van der Waals surface area contributed by atoms with E-state index in [-0.39, 0.29) is 24.2 Å². The molecular weight excluding hydrogens is 368 g/mol. The monoisotopic (exact) mass is 400 g/mol. The van der Waals surface area contributed by atoms with Crippen LogP contribution in [0.5, 0.6) is 0 Å². The van der Waals surface area contributed by atoms with Crippen molar-refractivity contribution in [1.82, 2.24) is 20.0 Å². The number of hydrogen-bond acceptors (Lipinski definition) is 5. The molecule has 2 saturated carbocycles. The van der Waals surface area contributed by atoms with Gasteiger partial charge in [0, 0.05) is 19.1 Å². The highest BCUT2D eigenvalue weighted by Gasteiger charge is 2.53. The SMILES string of the molecule is O=C1C[C@@H](C(=O)NCc2cc3n(n2)CCN(C2CCCCC2)C3)C2(CCCC2)O1. The van der Waals surface area contributed by atoms with Crippen molar-refractivity contribution in [2.45, 2.75) is 95.5 Å². The van der Waals surface area contributed by atoms with Crippen molar-refractivity contribution < 1.29 is 14.3 Å². The van der Waals surface area contributed by atoms with Crippen LogP contribution in [0.2, 0.25) is 0 Å². The maximum atomic E-state index is 12.8. The first-order chi connectivity index (χ1) is 14.1. The minimum absolute atomic E-state index is 0.0624. The van der Waals surface area contributed by atoms with Crippen LogP contribution in [-0.2, 0) is 34.0 Å². The predicted octanol–water partition coefficient (Wildman–Crippen LogP) is 2.52. The minimum Gasteiger partial charge on any atom is -0.458 e. The quantitative estimate of drug-likeness (QED) is 0.786. The molecule has 1 spiro atoms. The normalized spacial score (nSPS) is 27.2. The number of carbonyl (C=O) groups is 2. The summed E-state index contributed by atoms with van der Waals surface area (Å²) in [5.41, 5.74) is 1.61. The lowest BCUT2D eigenvalue weighted by Gasteiger charge is -2.36. The van der Waals surface area contributed by atoms with Crippen molar-refractivity contribution in [3.8, 4) is 0 Å². The third-order valence-corrected chi connectivity index (χ3v) is 7.50. The van der Waals surface area contributed by atoms with Gasteiger partial charge < -0.3 is 10.1 Å². The van der Waals surface area contributed by atoms with E-state index in [1.54, 1.807) is 0 Å². The molecule has 7 nitrogen and oxygen atoms in total. The molecule has 1 aromatic rings. The summed E-state index contributed by atoms with van der Waals surface area (Å²) in [6.07, 6.45) is 10.6. The van der Waals surface area contributed by atoms with E-state index in [0.717, 1.165) is 57.1 Å². The van der Waals surface area contributed by atoms with Crippen LogP contribution in [-0.4, -0.2) is 44.7 Å². The van der Waals surface area contributed by atoms with Crippen molar-refractivity contribution in [2.75, 3.05) is 6.54 Å². The highest BCUT2D eigenvalue weighted by molar-refractivity contribution is 5.87. The molecule has 1 amide bonds. The number of aromatic nitrogens is 2. The third-order valence-electron chi connectivity index (χ3n) is 7.50. The number of hydrogen-bond donors (Lipinski definition) is 1. The Hall–Kier alpha value is -1.89. The molecule has 1 aromatic heterocycles. The molecule has 3 fully saturated rings. The summed E-state index contributed by atoms with van der Waals surface area (Å²) < 4.78 is 7.70. The van der Waals surface area contributed by atoms with Gasteiger partial charge in [-0.2, -0.15) is 5.10 Å². The van der Waals surface area contributed by atoms with Crippen LogP contribution in [0.25, 0.3) is 0 Å². The molecule has 0 radical (unpaired) electrons. The van der Waals surface area contributed by atoms with E-state index in [0.29, 0.717) is 6.54 Å². The third kappa shape index (κ3) is 3.69. The van der Waals surface area contributed by atoms with Crippen molar-refractivity contribution in [2.24, 2.45) is 5.92 Å². The summed E-state index contributed by atoms with van der Waals surface area (Å²) in [4.78, 5) is 27.3. The average molecular weight is 401 g/mol. The molecule has 0 unspecified atom stereocenters. The second kappa shape index (κ2) is 7.74. The van der Waals surface area contributed by atoms with E-state index >= 15 is 0 Å². The molecule has 0 aromatic carbocycles. The maximum Gasteiger partial charge on any atom is 0.307 e. The van der Waals surface area contributed by atoms with Crippen LogP contribution >= 0.6 is 0 Å². The molecule has 4 aliphatic rings. The number of nitrogens with one attached hydrogen (secondary N) is 1. The Bertz CT molecular complexity index is 777. The zero-order valence-corrected chi connectivity index (χ0v) is 17.2. The largest absolute Gasteiger partial charge is 0.458 e. The van der Waals surface area contributed by atoms with Gasteiger partial charge in [-0.05, 0) is 44.6 Å². The van der Waals surface area contributed by atoms with Gasteiger partial charge in [0.25, 0.3) is 0 Å². The van der Waals surface area contributed by atoms with Crippen LogP contribution in [0, 0.1) is 5.92 Å². The Morgan fingerprint density at radius 3 is 2.76 bits per heavy atom. The van der Waals surface area contributed by atoms with Crippen molar-refractivity contribution >= 4 is 11.9 Å². The Kier molecular flexibility index (Phi) is 5.10. The van der Waals surface area contributed by atoms with Crippen molar-refractivity contribution in [1.29, 1.82) is 0 Å². The Morgan fingerprint density at radius 1 is 1.17 bits per heavy atom. The van der Waals surface area contributed by atoms with Crippen LogP contribution in [0.15, 0.2) is 6.07 Å². The first kappa shape index (κ1) is 19.1. The topological polar surface area (TPSA) is 76.5 Å². The van der Waals surface area contributed by atoms with Gasteiger partial charge in [0.2, 0.25) is 5.91 Å². The lowest BCUT2D eigenvalue weighted by Crippen LogP contribution is -2.42. The van der Waals surface area contributed by atoms with Crippen LogP contribution in [0.3, 0.4) is 0 Å². The fourth-order valence-corrected chi connectivity index (χ4v) is 5.94. The second-order valence-corrected chi connectivity index (χ2v) is 9.33. The summed E-state index contributed by atoms with van der Waals surface area (Å²) >= 11 is 0. The smallest absolute Gasteiger partial charge is 0.307 e. The molecule has 1 N–H and O–H groups in total. The summed E-state index contributed by atoms with van der Waals surface area (Å²) in [6.45, 7) is 3.37. The first-order valence-electron chi connectivity index (χ1n) is 11.4. The van der Waals surface area contributed by atoms with Gasteiger partial charge in [0.1, 0.15) is 5.60 Å². The van der Waals surface area contributed by atoms with Crippen molar-refractivity contribution in [3.05, 3.63) is 17.5 Å². The maximum absolute atomic E-state index is 12.8. The molecule has 3 heterocycles. The summed E-state index contributed by atoms with van der Waals surface area (Å²) in [5.74, 6) is -0.642. The van der Waals surface area contributed by atoms with Gasteiger partial charge in [-0.3, -0.25) is 19.2 Å². The number of nitrogens with zero attached hydrogens (tertiary/aromatic N) is 3. The lowest BCUT2D eigenvalue weighted by molar-refractivity contribution is -0.150. The fraction of sp³-hybridized carbons (Fsp3) is 0.773. The fourth-order valence-electron chi connectivity index (χ4n) is 5.94. The van der Waals surface area contributed by atoms with E-state index < -0.39 is 5.60 Å². The standard InChI is InChI=1S/C22H32N4O3/c27-20-13-19(22(29-20)8-4-5-9-22)21(28)23-14-16-12-18-15-25(10-11-26(18)24-16)17-6-2-1-3-7-17/h12,17,19H,1-11,13-15H2,(H,23,28)/t19-/m0/s1. The highest BCUT2D eigenvalue weighted by Crippen LogP contribution is 2.45. The zero-order chi connectivity index (χ0) is 19.8. The molecule has 29 heavy (non-hydrogen) atoms. The van der Waals surface area contributed by atoms with Gasteiger partial charge in [0.15, 0.2) is 0 Å². The summed E-state index contributed by atoms with van der Waals surface area (Å²) in [6, 6.07) is 2.86. The minimum atomic E-state index is -0.547. The number of ether oxygens (including phenoxy) is 1. The molecular formula is C22H32N4O3. The Labute approximate surface area is 172 Å². The van der Waals surface area contributed by atoms with Gasteiger partial charge in [0.05, 0.1) is 36.8 Å². The number of amides is 1. The van der Waals surface area contributed by atoms with E-state index in [1.165, 1.54) is 37.8 Å². The summed E-state index contributed by atoms with van der Waals surface area (Å²) in [7, 11) is 0. The Morgan fingerprint density at radius 2 is 1.97 bits per heavy atom. The van der Waals surface area contributed by atoms with E-state index in [9.17, 15) is 9.59 Å². The molecule has 2 aliphatic carbocycles. The zero-order valence-electron chi connectivity index (χ0n) is 17.2. The van der Waals surface area contributed by atoms with Crippen LogP contribution < -0.4 is 5.32 Å². The van der Waals surface area contributed by atoms with Crippen molar-refractivity contribution in [3.63, 3.8) is 0 Å². The van der Waals surface area contributed by atoms with Crippen LogP contribution in [0.1, 0.15) is 75.6 Å². The van der Waals surface area contributed by atoms with Gasteiger partial charge >= 0.3 is 5.97 Å². The number of rotatable bonds is 4. The number of carbonyl (C=O) groups excluding carboxylic acids is 2. The van der Waals surface area contributed by atoms with Crippen LogP contribution in [0.4, 0.5) is 0 Å². The van der Waals surface area contributed by atoms with Gasteiger partial charge in [-0.1, -0.05) is 19.3 Å². The molecule has 7 heteroatoms.